The van der Waals surface area contributed by atoms with E-state index in [-0.39, 0.29) is 5.91 Å². The molecule has 0 aliphatic heterocycles. The van der Waals surface area contributed by atoms with E-state index in [4.69, 9.17) is 16.3 Å². The van der Waals surface area contributed by atoms with Crippen LogP contribution in [0.25, 0.3) is 0 Å². The van der Waals surface area contributed by atoms with E-state index in [1.54, 1.807) is 30.3 Å². The number of carbonyl (C=O) groups excluding carboxylic acids is 1. The zero-order valence-electron chi connectivity index (χ0n) is 12.5. The maximum absolute atomic E-state index is 13.1. The highest BCUT2D eigenvalue weighted by molar-refractivity contribution is 7.12. The summed E-state index contributed by atoms with van der Waals surface area (Å²) in [6, 6.07) is 14.7. The number of benzene rings is 2. The van der Waals surface area contributed by atoms with Gasteiger partial charge in [-0.15, -0.1) is 11.3 Å². The molecule has 0 saturated heterocycles. The van der Waals surface area contributed by atoms with Crippen molar-refractivity contribution in [3.05, 3.63) is 81.3 Å². The van der Waals surface area contributed by atoms with Crippen molar-refractivity contribution in [2.75, 3.05) is 5.32 Å². The molecule has 3 nitrogen and oxygen atoms in total. The monoisotopic (exact) mass is 361 g/mol. The molecule has 24 heavy (non-hydrogen) atoms. The first kappa shape index (κ1) is 16.5. The average molecular weight is 362 g/mol. The highest BCUT2D eigenvalue weighted by Crippen LogP contribution is 2.21. The van der Waals surface area contributed by atoms with Gasteiger partial charge < -0.3 is 10.1 Å². The van der Waals surface area contributed by atoms with Crippen LogP contribution in [-0.2, 0) is 6.61 Å². The van der Waals surface area contributed by atoms with Crippen LogP contribution in [0.1, 0.15) is 15.2 Å². The molecule has 0 aliphatic carbocycles. The number of halogens is 2. The molecule has 3 aromatic rings. The van der Waals surface area contributed by atoms with E-state index in [9.17, 15) is 9.18 Å². The fraction of sp³-hybridized carbons (Fsp3) is 0.0556. The second-order valence-electron chi connectivity index (χ2n) is 5.03. The van der Waals surface area contributed by atoms with Gasteiger partial charge in [-0.05, 0) is 47.8 Å². The maximum Gasteiger partial charge on any atom is 0.265 e. The molecular weight excluding hydrogens is 349 g/mol. The molecule has 0 fully saturated rings. The van der Waals surface area contributed by atoms with Crippen LogP contribution in [-0.4, -0.2) is 5.91 Å². The first-order chi connectivity index (χ1) is 11.6. The van der Waals surface area contributed by atoms with Gasteiger partial charge in [0.05, 0.1) is 4.88 Å². The summed E-state index contributed by atoms with van der Waals surface area (Å²) in [6.07, 6.45) is 0. The lowest BCUT2D eigenvalue weighted by molar-refractivity contribution is 0.103. The second kappa shape index (κ2) is 7.47. The molecule has 0 spiro atoms. The van der Waals surface area contributed by atoms with E-state index >= 15 is 0 Å². The van der Waals surface area contributed by atoms with Gasteiger partial charge in [0.2, 0.25) is 0 Å². The molecule has 1 amide bonds. The molecule has 0 aliphatic rings. The predicted molar refractivity (Wildman–Crippen MR) is 94.5 cm³/mol. The first-order valence-electron chi connectivity index (χ1n) is 7.13. The van der Waals surface area contributed by atoms with Crippen LogP contribution >= 0.6 is 22.9 Å². The lowest BCUT2D eigenvalue weighted by Gasteiger charge is -2.05. The SMILES string of the molecule is O=C(Nc1cccc(F)c1)c1cc(COc2cccc(Cl)c2)cs1. The lowest BCUT2D eigenvalue weighted by atomic mass is 10.3. The molecule has 2 aromatic carbocycles. The van der Waals surface area contributed by atoms with Gasteiger partial charge in [-0.1, -0.05) is 23.7 Å². The number of hydrogen-bond donors (Lipinski definition) is 1. The molecule has 0 bridgehead atoms. The summed E-state index contributed by atoms with van der Waals surface area (Å²) in [5.74, 6) is -0.00587. The standard InChI is InChI=1S/C18H13ClFNO2S/c19-13-3-1-6-16(8-13)23-10-12-7-17(24-11-12)18(22)21-15-5-2-4-14(20)9-15/h1-9,11H,10H2,(H,21,22). The summed E-state index contributed by atoms with van der Waals surface area (Å²) in [4.78, 5) is 12.7. The van der Waals surface area contributed by atoms with E-state index in [2.05, 4.69) is 5.32 Å². The topological polar surface area (TPSA) is 38.3 Å². The molecular formula is C18H13ClFNO2S. The Bertz CT molecular complexity index is 865. The summed E-state index contributed by atoms with van der Waals surface area (Å²) < 4.78 is 18.8. The van der Waals surface area contributed by atoms with Gasteiger partial charge >= 0.3 is 0 Å². The number of nitrogens with one attached hydrogen (secondary N) is 1. The van der Waals surface area contributed by atoms with Crippen LogP contribution in [0.4, 0.5) is 10.1 Å². The van der Waals surface area contributed by atoms with Crippen LogP contribution < -0.4 is 10.1 Å². The number of rotatable bonds is 5. The van der Waals surface area contributed by atoms with Gasteiger partial charge in [-0.25, -0.2) is 4.39 Å². The molecule has 0 saturated carbocycles. The summed E-state index contributed by atoms with van der Waals surface area (Å²) in [6.45, 7) is 0.337. The Labute approximate surface area is 147 Å². The maximum atomic E-state index is 13.1. The van der Waals surface area contributed by atoms with Crippen LogP contribution in [0.2, 0.25) is 5.02 Å². The third kappa shape index (κ3) is 4.34. The van der Waals surface area contributed by atoms with E-state index < -0.39 is 5.82 Å². The predicted octanol–water partition coefficient (Wildman–Crippen LogP) is 5.37. The molecule has 3 rings (SSSR count). The Balaban J connectivity index is 1.61. The van der Waals surface area contributed by atoms with Crippen LogP contribution in [0.3, 0.4) is 0 Å². The summed E-state index contributed by atoms with van der Waals surface area (Å²) in [5.41, 5.74) is 1.30. The van der Waals surface area contributed by atoms with Gasteiger partial charge in [-0.2, -0.15) is 0 Å². The van der Waals surface area contributed by atoms with Gasteiger partial charge in [-0.3, -0.25) is 4.79 Å². The minimum Gasteiger partial charge on any atom is -0.489 e. The minimum atomic E-state index is -0.394. The van der Waals surface area contributed by atoms with Gasteiger partial charge in [0.1, 0.15) is 18.2 Å². The number of anilines is 1. The quantitative estimate of drug-likeness (QED) is 0.663. The number of ether oxygens (including phenoxy) is 1. The number of thiophene rings is 1. The Morgan fingerprint density at radius 3 is 2.79 bits per heavy atom. The smallest absolute Gasteiger partial charge is 0.265 e. The zero-order chi connectivity index (χ0) is 16.9. The fourth-order valence-corrected chi connectivity index (χ4v) is 3.02. The van der Waals surface area contributed by atoms with E-state index in [0.29, 0.717) is 27.9 Å². The van der Waals surface area contributed by atoms with Crippen LogP contribution in [0.15, 0.2) is 60.0 Å². The van der Waals surface area contributed by atoms with E-state index in [1.807, 2.05) is 17.5 Å². The summed E-state index contributed by atoms with van der Waals surface area (Å²) >= 11 is 7.21. The highest BCUT2D eigenvalue weighted by Gasteiger charge is 2.10. The molecule has 1 heterocycles. The van der Waals surface area contributed by atoms with Crippen molar-refractivity contribution >= 4 is 34.5 Å². The number of amides is 1. The van der Waals surface area contributed by atoms with Gasteiger partial charge in [0.25, 0.3) is 5.91 Å². The molecule has 122 valence electrons. The van der Waals surface area contributed by atoms with Crippen molar-refractivity contribution in [1.29, 1.82) is 0 Å². The Morgan fingerprint density at radius 2 is 2.00 bits per heavy atom. The van der Waals surface area contributed by atoms with Crippen molar-refractivity contribution in [3.8, 4) is 5.75 Å². The largest absolute Gasteiger partial charge is 0.489 e. The van der Waals surface area contributed by atoms with E-state index in [0.717, 1.165) is 5.56 Å². The first-order valence-corrected chi connectivity index (χ1v) is 8.38. The normalized spacial score (nSPS) is 10.4. The Kier molecular flexibility index (Phi) is 5.13. The molecule has 0 radical (unpaired) electrons. The Morgan fingerprint density at radius 1 is 1.17 bits per heavy atom. The van der Waals surface area contributed by atoms with Crippen molar-refractivity contribution < 1.29 is 13.9 Å². The van der Waals surface area contributed by atoms with Crippen LogP contribution in [0, 0.1) is 5.82 Å². The molecule has 1 aromatic heterocycles. The van der Waals surface area contributed by atoms with Crippen molar-refractivity contribution in [3.63, 3.8) is 0 Å². The van der Waals surface area contributed by atoms with Gasteiger partial charge in [0.15, 0.2) is 0 Å². The molecule has 1 N–H and O–H groups in total. The number of carbonyl (C=O) groups is 1. The summed E-state index contributed by atoms with van der Waals surface area (Å²) in [5, 5.41) is 5.12. The zero-order valence-corrected chi connectivity index (χ0v) is 14.0. The van der Waals surface area contributed by atoms with Crippen LogP contribution in [0.5, 0.6) is 5.75 Å². The van der Waals surface area contributed by atoms with Crippen molar-refractivity contribution in [2.45, 2.75) is 6.61 Å². The minimum absolute atomic E-state index is 0.278. The average Bonchev–Trinajstić information content (AvgIpc) is 3.02. The molecule has 0 unspecified atom stereocenters. The van der Waals surface area contributed by atoms with Gasteiger partial charge in [0, 0.05) is 16.3 Å². The second-order valence-corrected chi connectivity index (χ2v) is 6.38. The highest BCUT2D eigenvalue weighted by atomic mass is 35.5. The number of hydrogen-bond acceptors (Lipinski definition) is 3. The van der Waals surface area contributed by atoms with Crippen molar-refractivity contribution in [2.24, 2.45) is 0 Å². The molecule has 6 heteroatoms. The molecule has 0 atom stereocenters. The summed E-state index contributed by atoms with van der Waals surface area (Å²) in [7, 11) is 0. The fourth-order valence-electron chi connectivity index (χ4n) is 2.05. The Hall–Kier alpha value is -2.37. The lowest BCUT2D eigenvalue weighted by Crippen LogP contribution is -2.10. The third-order valence-corrected chi connectivity index (χ3v) is 4.37. The third-order valence-electron chi connectivity index (χ3n) is 3.16. The van der Waals surface area contributed by atoms with Crippen molar-refractivity contribution in [1.82, 2.24) is 0 Å². The van der Waals surface area contributed by atoms with E-state index in [1.165, 1.54) is 23.5 Å².